The van der Waals surface area contributed by atoms with E-state index in [2.05, 4.69) is 10.6 Å². The number of benzene rings is 1. The Morgan fingerprint density at radius 2 is 2.08 bits per heavy atom. The lowest BCUT2D eigenvalue weighted by Gasteiger charge is -2.33. The average Bonchev–Trinajstić information content (AvgIpc) is 3.00. The quantitative estimate of drug-likeness (QED) is 0.835. The van der Waals surface area contributed by atoms with Crippen LogP contribution >= 0.6 is 0 Å². The van der Waals surface area contributed by atoms with Gasteiger partial charge in [-0.25, -0.2) is 9.59 Å². The topological polar surface area (TPSA) is 70.7 Å². The molecule has 1 aromatic rings. The molecule has 0 aromatic heterocycles. The predicted octanol–water partition coefficient (Wildman–Crippen LogP) is 2.47. The minimum Gasteiger partial charge on any atom is -0.462 e. The van der Waals surface area contributed by atoms with Crippen molar-refractivity contribution in [1.82, 2.24) is 10.2 Å². The van der Waals surface area contributed by atoms with Crippen molar-refractivity contribution in [3.05, 3.63) is 29.8 Å². The monoisotopic (exact) mass is 331 g/mol. The summed E-state index contributed by atoms with van der Waals surface area (Å²) in [6.07, 6.45) is 3.44. The second kappa shape index (κ2) is 7.21. The van der Waals surface area contributed by atoms with Gasteiger partial charge in [-0.05, 0) is 57.0 Å². The Bertz CT molecular complexity index is 594. The molecule has 0 unspecified atom stereocenters. The van der Waals surface area contributed by atoms with Crippen LogP contribution in [-0.4, -0.2) is 49.7 Å². The summed E-state index contributed by atoms with van der Waals surface area (Å²) in [5.41, 5.74) is 1.43. The maximum Gasteiger partial charge on any atom is 0.338 e. The molecule has 130 valence electrons. The molecule has 24 heavy (non-hydrogen) atoms. The third-order valence-electron chi connectivity index (χ3n) is 4.93. The number of carbonyl (C=O) groups is 2. The lowest BCUT2D eigenvalue weighted by Crippen LogP contribution is -2.43. The van der Waals surface area contributed by atoms with Crippen LogP contribution in [0.1, 0.15) is 36.5 Å². The maximum atomic E-state index is 12.5. The molecular formula is C18H25N3O3. The van der Waals surface area contributed by atoms with E-state index in [1.165, 1.54) is 12.8 Å². The van der Waals surface area contributed by atoms with E-state index in [-0.39, 0.29) is 17.4 Å². The van der Waals surface area contributed by atoms with E-state index >= 15 is 0 Å². The highest BCUT2D eigenvalue weighted by Gasteiger charge is 2.40. The van der Waals surface area contributed by atoms with Crippen molar-refractivity contribution in [3.8, 4) is 0 Å². The highest BCUT2D eigenvalue weighted by molar-refractivity contribution is 5.92. The second-order valence-corrected chi connectivity index (χ2v) is 6.68. The number of nitrogens with one attached hydrogen (secondary N) is 2. The molecule has 2 saturated heterocycles. The van der Waals surface area contributed by atoms with E-state index in [0.717, 1.165) is 32.6 Å². The van der Waals surface area contributed by atoms with Gasteiger partial charge in [0.05, 0.1) is 12.2 Å². The number of rotatable bonds is 3. The third kappa shape index (κ3) is 3.70. The average molecular weight is 331 g/mol. The minimum absolute atomic E-state index is 0.0682. The van der Waals surface area contributed by atoms with Gasteiger partial charge in [0.2, 0.25) is 0 Å². The molecule has 1 aromatic carbocycles. The highest BCUT2D eigenvalue weighted by Crippen LogP contribution is 2.36. The van der Waals surface area contributed by atoms with E-state index in [1.54, 1.807) is 31.2 Å². The summed E-state index contributed by atoms with van der Waals surface area (Å²) in [5, 5.41) is 6.37. The number of hydrogen-bond donors (Lipinski definition) is 2. The number of urea groups is 1. The molecule has 2 fully saturated rings. The molecule has 2 heterocycles. The lowest BCUT2D eigenvalue weighted by atomic mass is 9.80. The molecule has 3 rings (SSSR count). The largest absolute Gasteiger partial charge is 0.462 e. The van der Waals surface area contributed by atoms with Crippen LogP contribution in [0, 0.1) is 5.41 Å². The zero-order chi connectivity index (χ0) is 17.0. The highest BCUT2D eigenvalue weighted by atomic mass is 16.5. The van der Waals surface area contributed by atoms with Crippen LogP contribution in [0.4, 0.5) is 10.5 Å². The summed E-state index contributed by atoms with van der Waals surface area (Å²) in [6.45, 7) is 5.83. The first-order valence-electron chi connectivity index (χ1n) is 8.66. The summed E-state index contributed by atoms with van der Waals surface area (Å²) in [5.74, 6) is -0.346. The minimum atomic E-state index is -0.346. The van der Waals surface area contributed by atoms with Crippen LogP contribution < -0.4 is 10.6 Å². The Morgan fingerprint density at radius 3 is 2.75 bits per heavy atom. The summed E-state index contributed by atoms with van der Waals surface area (Å²) < 4.78 is 4.95. The Labute approximate surface area is 142 Å². The van der Waals surface area contributed by atoms with Crippen molar-refractivity contribution in [2.24, 2.45) is 5.41 Å². The van der Waals surface area contributed by atoms with E-state index in [9.17, 15) is 9.59 Å². The van der Waals surface area contributed by atoms with E-state index in [0.29, 0.717) is 17.9 Å². The first kappa shape index (κ1) is 16.8. The van der Waals surface area contributed by atoms with Gasteiger partial charge in [-0.2, -0.15) is 0 Å². The van der Waals surface area contributed by atoms with Crippen LogP contribution in [0.3, 0.4) is 0 Å². The number of anilines is 1. The molecule has 2 aliphatic heterocycles. The Balaban J connectivity index is 1.56. The lowest BCUT2D eigenvalue weighted by molar-refractivity contribution is 0.0526. The van der Waals surface area contributed by atoms with E-state index < -0.39 is 0 Å². The number of piperidine rings is 1. The number of likely N-dealkylation sites (tertiary alicyclic amines) is 1. The second-order valence-electron chi connectivity index (χ2n) is 6.68. The molecule has 0 bridgehead atoms. The van der Waals surface area contributed by atoms with Crippen molar-refractivity contribution in [3.63, 3.8) is 0 Å². The fourth-order valence-electron chi connectivity index (χ4n) is 3.59. The molecule has 2 amide bonds. The zero-order valence-electron chi connectivity index (χ0n) is 14.1. The molecular weight excluding hydrogens is 306 g/mol. The van der Waals surface area contributed by atoms with E-state index in [1.807, 2.05) is 4.90 Å². The molecule has 0 aliphatic carbocycles. The van der Waals surface area contributed by atoms with Gasteiger partial charge in [0, 0.05) is 30.7 Å². The van der Waals surface area contributed by atoms with Gasteiger partial charge in [0.1, 0.15) is 0 Å². The van der Waals surface area contributed by atoms with Gasteiger partial charge >= 0.3 is 12.0 Å². The first-order valence-corrected chi connectivity index (χ1v) is 8.66. The molecule has 6 nitrogen and oxygen atoms in total. The summed E-state index contributed by atoms with van der Waals surface area (Å²) >= 11 is 0. The molecule has 0 saturated carbocycles. The standard InChI is InChI=1S/C18H25N3O3/c1-2-24-16(22)14-4-6-15(7-5-14)20-17(23)21-11-9-18(13-21)8-3-10-19-12-18/h4-7,19H,2-3,8-13H2,1H3,(H,20,23)/t18-/m0/s1. The fourth-order valence-corrected chi connectivity index (χ4v) is 3.59. The predicted molar refractivity (Wildman–Crippen MR) is 92.1 cm³/mol. The van der Waals surface area contributed by atoms with Crippen LogP contribution in [0.25, 0.3) is 0 Å². The van der Waals surface area contributed by atoms with Crippen LogP contribution in [-0.2, 0) is 4.74 Å². The number of ether oxygens (including phenoxy) is 1. The van der Waals surface area contributed by atoms with Gasteiger partial charge in [0.15, 0.2) is 0 Å². The van der Waals surface area contributed by atoms with Gasteiger partial charge in [0.25, 0.3) is 0 Å². The van der Waals surface area contributed by atoms with Gasteiger partial charge in [-0.3, -0.25) is 0 Å². The van der Waals surface area contributed by atoms with Crippen LogP contribution in [0.15, 0.2) is 24.3 Å². The van der Waals surface area contributed by atoms with Crippen molar-refractivity contribution in [2.45, 2.75) is 26.2 Å². The molecule has 1 atom stereocenters. The molecule has 0 radical (unpaired) electrons. The molecule has 6 heteroatoms. The molecule has 1 spiro atoms. The number of amides is 2. The first-order chi connectivity index (χ1) is 11.6. The molecule has 2 N–H and O–H groups in total. The Kier molecular flexibility index (Phi) is 5.04. The van der Waals surface area contributed by atoms with Crippen LogP contribution in [0.2, 0.25) is 0 Å². The summed E-state index contributed by atoms with van der Waals surface area (Å²) in [4.78, 5) is 26.0. The number of hydrogen-bond acceptors (Lipinski definition) is 4. The fraction of sp³-hybridized carbons (Fsp3) is 0.556. The smallest absolute Gasteiger partial charge is 0.338 e. The van der Waals surface area contributed by atoms with Crippen molar-refractivity contribution < 1.29 is 14.3 Å². The van der Waals surface area contributed by atoms with Gasteiger partial charge in [-0.15, -0.1) is 0 Å². The van der Waals surface area contributed by atoms with Crippen molar-refractivity contribution in [1.29, 1.82) is 0 Å². The molecule has 2 aliphatic rings. The Hall–Kier alpha value is -2.08. The number of esters is 1. The SMILES string of the molecule is CCOC(=O)c1ccc(NC(=O)N2CC[C@]3(CCCNC3)C2)cc1. The van der Waals surface area contributed by atoms with Crippen molar-refractivity contribution in [2.75, 3.05) is 38.1 Å². The van der Waals surface area contributed by atoms with Crippen molar-refractivity contribution >= 4 is 17.7 Å². The normalized spacial score (nSPS) is 23.3. The Morgan fingerprint density at radius 1 is 1.29 bits per heavy atom. The van der Waals surface area contributed by atoms with E-state index in [4.69, 9.17) is 4.74 Å². The maximum absolute atomic E-state index is 12.5. The van der Waals surface area contributed by atoms with Gasteiger partial charge < -0.3 is 20.3 Å². The van der Waals surface area contributed by atoms with Gasteiger partial charge in [-0.1, -0.05) is 0 Å². The zero-order valence-corrected chi connectivity index (χ0v) is 14.1. The third-order valence-corrected chi connectivity index (χ3v) is 4.93. The number of carbonyl (C=O) groups excluding carboxylic acids is 2. The summed E-state index contributed by atoms with van der Waals surface area (Å²) in [7, 11) is 0. The van der Waals surface area contributed by atoms with Crippen LogP contribution in [0.5, 0.6) is 0 Å². The number of nitrogens with zero attached hydrogens (tertiary/aromatic N) is 1. The summed E-state index contributed by atoms with van der Waals surface area (Å²) in [6, 6.07) is 6.74.